The molecule has 156 valence electrons. The minimum Gasteiger partial charge on any atom is -0.493 e. The summed E-state index contributed by atoms with van der Waals surface area (Å²) in [6.07, 6.45) is 2.39. The molecule has 0 spiro atoms. The molecule has 0 unspecified atom stereocenters. The van der Waals surface area contributed by atoms with Crippen molar-refractivity contribution in [2.45, 2.75) is 38.9 Å². The molecule has 1 N–H and O–H groups in total. The summed E-state index contributed by atoms with van der Waals surface area (Å²) in [4.78, 5) is 2.55. The Bertz CT molecular complexity index is 677. The van der Waals surface area contributed by atoms with Gasteiger partial charge in [0.1, 0.15) is 0 Å². The monoisotopic (exact) mass is 426 g/mol. The molecule has 3 rings (SSSR count). The Kier molecular flexibility index (Phi) is 11.3. The van der Waals surface area contributed by atoms with Gasteiger partial charge in [-0.1, -0.05) is 36.4 Å². The summed E-state index contributed by atoms with van der Waals surface area (Å²) >= 11 is 0. The van der Waals surface area contributed by atoms with Crippen molar-refractivity contribution in [3.8, 4) is 11.5 Å². The molecule has 0 aliphatic carbocycles. The van der Waals surface area contributed by atoms with Crippen molar-refractivity contribution in [2.24, 2.45) is 0 Å². The van der Waals surface area contributed by atoms with Gasteiger partial charge in [0.05, 0.1) is 13.7 Å². The molecule has 1 aliphatic rings. The summed E-state index contributed by atoms with van der Waals surface area (Å²) < 4.78 is 11.0. The van der Waals surface area contributed by atoms with Gasteiger partial charge < -0.3 is 14.8 Å². The van der Waals surface area contributed by atoms with Crippen molar-refractivity contribution in [1.82, 2.24) is 10.2 Å². The van der Waals surface area contributed by atoms with Crippen LogP contribution in [0.1, 0.15) is 30.9 Å². The average Bonchev–Trinajstić information content (AvgIpc) is 2.69. The predicted octanol–water partition coefficient (Wildman–Crippen LogP) is 4.69. The number of rotatable bonds is 8. The van der Waals surface area contributed by atoms with E-state index in [1.54, 1.807) is 7.11 Å². The quantitative estimate of drug-likeness (QED) is 0.663. The normalized spacial score (nSPS) is 14.6. The van der Waals surface area contributed by atoms with Gasteiger partial charge in [-0.2, -0.15) is 0 Å². The second-order valence-electron chi connectivity index (χ2n) is 6.84. The van der Waals surface area contributed by atoms with Crippen molar-refractivity contribution < 1.29 is 9.47 Å². The lowest BCUT2D eigenvalue weighted by molar-refractivity contribution is 0.190. The SMILES string of the molecule is CCOc1cc(CNC2CCN(Cc3ccccc3)CC2)ccc1OC.Cl.Cl. The lowest BCUT2D eigenvalue weighted by Crippen LogP contribution is -2.41. The number of hydrogen-bond acceptors (Lipinski definition) is 4. The Morgan fingerprint density at radius 2 is 1.68 bits per heavy atom. The van der Waals surface area contributed by atoms with Crippen LogP contribution in [-0.4, -0.2) is 37.7 Å². The van der Waals surface area contributed by atoms with Crippen molar-refractivity contribution in [2.75, 3.05) is 26.8 Å². The zero-order valence-electron chi connectivity index (χ0n) is 16.7. The van der Waals surface area contributed by atoms with E-state index in [9.17, 15) is 0 Å². The molecule has 0 bridgehead atoms. The van der Waals surface area contributed by atoms with E-state index < -0.39 is 0 Å². The van der Waals surface area contributed by atoms with E-state index in [2.05, 4.69) is 52.7 Å². The minimum absolute atomic E-state index is 0. The second kappa shape index (κ2) is 12.9. The van der Waals surface area contributed by atoms with E-state index in [0.717, 1.165) is 37.7 Å². The van der Waals surface area contributed by atoms with E-state index in [1.165, 1.54) is 24.0 Å². The van der Waals surface area contributed by atoms with E-state index in [0.29, 0.717) is 12.6 Å². The molecule has 6 heteroatoms. The minimum atomic E-state index is 0. The summed E-state index contributed by atoms with van der Waals surface area (Å²) in [5, 5.41) is 3.71. The van der Waals surface area contributed by atoms with Crippen LogP contribution in [-0.2, 0) is 13.1 Å². The Hall–Kier alpha value is -1.46. The first-order chi connectivity index (χ1) is 12.8. The van der Waals surface area contributed by atoms with Gasteiger partial charge in [0.15, 0.2) is 11.5 Å². The van der Waals surface area contributed by atoms with Crippen LogP contribution in [0.2, 0.25) is 0 Å². The zero-order valence-corrected chi connectivity index (χ0v) is 18.4. The van der Waals surface area contributed by atoms with E-state index in [4.69, 9.17) is 9.47 Å². The van der Waals surface area contributed by atoms with Gasteiger partial charge in [0.25, 0.3) is 0 Å². The van der Waals surface area contributed by atoms with Crippen LogP contribution < -0.4 is 14.8 Å². The van der Waals surface area contributed by atoms with Gasteiger partial charge >= 0.3 is 0 Å². The highest BCUT2D eigenvalue weighted by atomic mass is 35.5. The highest BCUT2D eigenvalue weighted by Gasteiger charge is 2.19. The predicted molar refractivity (Wildman–Crippen MR) is 120 cm³/mol. The summed E-state index contributed by atoms with van der Waals surface area (Å²) in [5.41, 5.74) is 2.64. The van der Waals surface area contributed by atoms with Crippen LogP contribution in [0.4, 0.5) is 0 Å². The standard InChI is InChI=1S/C22H30N2O2.2ClH/c1-3-26-22-15-19(9-10-21(22)25-2)16-23-20-11-13-24(14-12-20)17-18-7-5-4-6-8-18;;/h4-10,15,20,23H,3,11-14,16-17H2,1-2H3;2*1H. The lowest BCUT2D eigenvalue weighted by Gasteiger charge is -2.32. The maximum absolute atomic E-state index is 5.67. The van der Waals surface area contributed by atoms with E-state index in [-0.39, 0.29) is 24.8 Å². The maximum atomic E-state index is 5.67. The largest absolute Gasteiger partial charge is 0.493 e. The second-order valence-corrected chi connectivity index (χ2v) is 6.84. The Labute approximate surface area is 181 Å². The highest BCUT2D eigenvalue weighted by Crippen LogP contribution is 2.28. The molecule has 2 aromatic rings. The van der Waals surface area contributed by atoms with Gasteiger partial charge in [-0.3, -0.25) is 4.90 Å². The topological polar surface area (TPSA) is 33.7 Å². The maximum Gasteiger partial charge on any atom is 0.161 e. The molecule has 28 heavy (non-hydrogen) atoms. The molecule has 0 saturated carbocycles. The fourth-order valence-electron chi connectivity index (χ4n) is 3.50. The first kappa shape index (κ1) is 24.6. The molecular weight excluding hydrogens is 395 g/mol. The third kappa shape index (κ3) is 7.17. The van der Waals surface area contributed by atoms with E-state index >= 15 is 0 Å². The summed E-state index contributed by atoms with van der Waals surface area (Å²) in [6.45, 7) is 6.87. The van der Waals surface area contributed by atoms with E-state index in [1.807, 2.05) is 13.0 Å². The van der Waals surface area contributed by atoms with Crippen LogP contribution >= 0.6 is 24.8 Å². The Balaban J connectivity index is 0.00000196. The van der Waals surface area contributed by atoms with Crippen LogP contribution in [0.5, 0.6) is 11.5 Å². The molecule has 1 aliphatic heterocycles. The van der Waals surface area contributed by atoms with Gasteiger partial charge in [-0.05, 0) is 56.1 Å². The number of ether oxygens (including phenoxy) is 2. The van der Waals surface area contributed by atoms with Crippen LogP contribution in [0.3, 0.4) is 0 Å². The lowest BCUT2D eigenvalue weighted by atomic mass is 10.0. The molecule has 1 saturated heterocycles. The number of benzene rings is 2. The summed E-state index contributed by atoms with van der Waals surface area (Å²) in [5.74, 6) is 1.62. The number of hydrogen-bond donors (Lipinski definition) is 1. The molecule has 0 amide bonds. The fourth-order valence-corrected chi connectivity index (χ4v) is 3.50. The summed E-state index contributed by atoms with van der Waals surface area (Å²) in [7, 11) is 1.68. The first-order valence-electron chi connectivity index (χ1n) is 9.58. The molecule has 4 nitrogen and oxygen atoms in total. The van der Waals surface area contributed by atoms with Gasteiger partial charge in [0.2, 0.25) is 0 Å². The van der Waals surface area contributed by atoms with Crippen molar-refractivity contribution in [1.29, 1.82) is 0 Å². The number of methoxy groups -OCH3 is 1. The first-order valence-corrected chi connectivity index (χ1v) is 9.58. The third-order valence-electron chi connectivity index (χ3n) is 4.96. The third-order valence-corrected chi connectivity index (χ3v) is 4.96. The number of nitrogens with zero attached hydrogens (tertiary/aromatic N) is 1. The Morgan fingerprint density at radius 3 is 2.32 bits per heavy atom. The smallest absolute Gasteiger partial charge is 0.161 e. The molecule has 1 heterocycles. The fraction of sp³-hybridized carbons (Fsp3) is 0.455. The molecule has 0 radical (unpaired) electrons. The number of halogens is 2. The number of piperidine rings is 1. The van der Waals surface area contributed by atoms with Crippen molar-refractivity contribution in [3.05, 3.63) is 59.7 Å². The van der Waals surface area contributed by atoms with Crippen molar-refractivity contribution in [3.63, 3.8) is 0 Å². The summed E-state index contributed by atoms with van der Waals surface area (Å²) in [6, 6.07) is 17.5. The molecular formula is C22H32Cl2N2O2. The van der Waals surface area contributed by atoms with Gasteiger partial charge in [-0.15, -0.1) is 24.8 Å². The van der Waals surface area contributed by atoms with Gasteiger partial charge in [-0.25, -0.2) is 0 Å². The van der Waals surface area contributed by atoms with Crippen LogP contribution in [0.15, 0.2) is 48.5 Å². The number of likely N-dealkylation sites (tertiary alicyclic amines) is 1. The van der Waals surface area contributed by atoms with Crippen LogP contribution in [0, 0.1) is 0 Å². The highest BCUT2D eigenvalue weighted by molar-refractivity contribution is 5.85. The molecule has 0 atom stereocenters. The number of nitrogens with one attached hydrogen (secondary N) is 1. The Morgan fingerprint density at radius 1 is 0.964 bits per heavy atom. The van der Waals surface area contributed by atoms with Gasteiger partial charge in [0, 0.05) is 19.1 Å². The van der Waals surface area contributed by atoms with Crippen molar-refractivity contribution >= 4 is 24.8 Å². The van der Waals surface area contributed by atoms with Crippen LogP contribution in [0.25, 0.3) is 0 Å². The molecule has 1 fully saturated rings. The average molecular weight is 427 g/mol. The molecule has 0 aromatic heterocycles. The molecule has 2 aromatic carbocycles. The zero-order chi connectivity index (χ0) is 18.2.